The summed E-state index contributed by atoms with van der Waals surface area (Å²) >= 11 is 6.39. The van der Waals surface area contributed by atoms with Crippen LogP contribution in [0, 0.1) is 23.0 Å². The van der Waals surface area contributed by atoms with Crippen molar-refractivity contribution in [2.75, 3.05) is 44.3 Å². The number of rotatable bonds is 8. The standard InChI is InChI=1S/C35H33ClF3N7O3/c1-20(37)33(48)45-15-14-44(17-22(45)9-12-40)32-25-16-41-30(24-5-2-4-21-6-7-26(38)28(36)27(21)24)29(39)31(25)42-34(43-32)49-19-35-10-3-13-46(35)23(18-47)8-11-35/h2,4-7,16,22-23,47H,1,3,8-11,13-15,17-19H2/t22-,23?,35?/m0/s1. The lowest BCUT2D eigenvalue weighted by Gasteiger charge is -2.41. The minimum absolute atomic E-state index is 0.0408. The van der Waals surface area contributed by atoms with E-state index in [1.54, 1.807) is 29.2 Å². The van der Waals surface area contributed by atoms with Gasteiger partial charge in [-0.05, 0) is 43.7 Å². The van der Waals surface area contributed by atoms with E-state index in [0.717, 1.165) is 32.2 Å². The van der Waals surface area contributed by atoms with Gasteiger partial charge in [-0.3, -0.25) is 14.7 Å². The van der Waals surface area contributed by atoms with Gasteiger partial charge in [-0.25, -0.2) is 13.2 Å². The van der Waals surface area contributed by atoms with Crippen LogP contribution < -0.4 is 9.64 Å². The van der Waals surface area contributed by atoms with E-state index in [2.05, 4.69) is 27.5 Å². The molecule has 49 heavy (non-hydrogen) atoms. The number of anilines is 1. The highest BCUT2D eigenvalue weighted by molar-refractivity contribution is 6.36. The van der Waals surface area contributed by atoms with Gasteiger partial charge >= 0.3 is 6.01 Å². The first kappa shape index (κ1) is 33.0. The average molecular weight is 692 g/mol. The Hall–Kier alpha value is -4.51. The number of pyridine rings is 1. The molecule has 0 bridgehead atoms. The molecule has 1 N–H and O–H groups in total. The third-order valence-electron chi connectivity index (χ3n) is 10.2. The largest absolute Gasteiger partial charge is 0.461 e. The summed E-state index contributed by atoms with van der Waals surface area (Å²) in [5, 5.41) is 20.5. The van der Waals surface area contributed by atoms with Crippen molar-refractivity contribution in [2.45, 2.75) is 49.7 Å². The quantitative estimate of drug-likeness (QED) is 0.237. The molecule has 2 aromatic heterocycles. The monoisotopic (exact) mass is 691 g/mol. The summed E-state index contributed by atoms with van der Waals surface area (Å²) in [6.07, 6.45) is 4.83. The Balaban J connectivity index is 1.33. The summed E-state index contributed by atoms with van der Waals surface area (Å²) < 4.78 is 51.6. The number of fused-ring (bicyclic) bond motifs is 3. The fourth-order valence-corrected chi connectivity index (χ4v) is 8.05. The van der Waals surface area contributed by atoms with E-state index in [1.165, 1.54) is 17.2 Å². The van der Waals surface area contributed by atoms with Crippen molar-refractivity contribution in [3.8, 4) is 23.3 Å². The van der Waals surface area contributed by atoms with Gasteiger partial charge in [0.1, 0.15) is 29.5 Å². The lowest BCUT2D eigenvalue weighted by molar-refractivity contribution is -0.131. The van der Waals surface area contributed by atoms with Gasteiger partial charge in [-0.2, -0.15) is 15.2 Å². The Morgan fingerprint density at radius 3 is 2.78 bits per heavy atom. The first-order chi connectivity index (χ1) is 23.7. The van der Waals surface area contributed by atoms with Gasteiger partial charge < -0.3 is 19.6 Å². The molecule has 1 amide bonds. The van der Waals surface area contributed by atoms with Gasteiger partial charge in [0.2, 0.25) is 0 Å². The Kier molecular flexibility index (Phi) is 8.81. The van der Waals surface area contributed by atoms with Crippen molar-refractivity contribution in [1.29, 1.82) is 5.26 Å². The molecule has 3 aliphatic heterocycles. The zero-order valence-electron chi connectivity index (χ0n) is 26.5. The van der Waals surface area contributed by atoms with Crippen molar-refractivity contribution in [3.63, 3.8) is 0 Å². The number of hydrogen-bond donors (Lipinski definition) is 1. The number of benzene rings is 2. The molecule has 0 spiro atoms. The van der Waals surface area contributed by atoms with Gasteiger partial charge in [0.25, 0.3) is 5.91 Å². The molecule has 3 aliphatic rings. The highest BCUT2D eigenvalue weighted by Gasteiger charge is 2.49. The molecular formula is C35H33ClF3N7O3. The van der Waals surface area contributed by atoms with E-state index >= 15 is 4.39 Å². The lowest BCUT2D eigenvalue weighted by Crippen LogP contribution is -2.55. The van der Waals surface area contributed by atoms with E-state index < -0.39 is 29.4 Å². The van der Waals surface area contributed by atoms with Crippen LogP contribution >= 0.6 is 11.6 Å². The second kappa shape index (κ2) is 13.1. The van der Waals surface area contributed by atoms with E-state index in [0.29, 0.717) is 10.8 Å². The number of halogens is 4. The molecule has 10 nitrogen and oxygen atoms in total. The first-order valence-electron chi connectivity index (χ1n) is 16.2. The molecule has 0 aliphatic carbocycles. The maximum atomic E-state index is 16.8. The van der Waals surface area contributed by atoms with Crippen LogP contribution in [0.5, 0.6) is 6.01 Å². The average Bonchev–Trinajstić information content (AvgIpc) is 3.68. The number of nitriles is 1. The number of ether oxygens (including phenoxy) is 1. The van der Waals surface area contributed by atoms with Crippen LogP contribution in [0.3, 0.4) is 0 Å². The number of nitrogens with zero attached hydrogens (tertiary/aromatic N) is 7. The fraction of sp³-hybridized carbons (Fsp3) is 0.400. The van der Waals surface area contributed by atoms with Crippen LogP contribution in [0.1, 0.15) is 32.1 Å². The van der Waals surface area contributed by atoms with Crippen LogP contribution in [0.4, 0.5) is 19.0 Å². The minimum atomic E-state index is -1.12. The smallest absolute Gasteiger partial charge is 0.319 e. The van der Waals surface area contributed by atoms with Crippen molar-refractivity contribution in [2.24, 2.45) is 0 Å². The third kappa shape index (κ3) is 5.71. The molecule has 5 heterocycles. The molecule has 14 heteroatoms. The third-order valence-corrected chi connectivity index (χ3v) is 10.5. The Morgan fingerprint density at radius 1 is 1.16 bits per heavy atom. The molecule has 3 saturated heterocycles. The van der Waals surface area contributed by atoms with Crippen LogP contribution in [-0.4, -0.2) is 92.8 Å². The maximum absolute atomic E-state index is 16.8. The number of aliphatic hydroxyl groups excluding tert-OH is 1. The second-order valence-corrected chi connectivity index (χ2v) is 13.2. The van der Waals surface area contributed by atoms with Gasteiger partial charge in [0.05, 0.1) is 41.1 Å². The second-order valence-electron chi connectivity index (χ2n) is 12.8. The summed E-state index contributed by atoms with van der Waals surface area (Å²) in [7, 11) is 0. The number of aromatic nitrogens is 3. The fourth-order valence-electron chi connectivity index (χ4n) is 7.78. The number of hydrogen-bond acceptors (Lipinski definition) is 9. The van der Waals surface area contributed by atoms with Crippen molar-refractivity contribution >= 4 is 45.0 Å². The molecular weight excluding hydrogens is 659 g/mol. The summed E-state index contributed by atoms with van der Waals surface area (Å²) in [6, 6.07) is 9.18. The molecule has 3 fully saturated rings. The summed E-state index contributed by atoms with van der Waals surface area (Å²) in [4.78, 5) is 31.6. The van der Waals surface area contributed by atoms with Crippen LogP contribution in [0.15, 0.2) is 48.9 Å². The maximum Gasteiger partial charge on any atom is 0.319 e. The van der Waals surface area contributed by atoms with Crippen LogP contribution in [0.2, 0.25) is 5.02 Å². The number of piperazine rings is 1. The Bertz CT molecular complexity index is 2030. The van der Waals surface area contributed by atoms with Crippen LogP contribution in [0.25, 0.3) is 32.9 Å². The van der Waals surface area contributed by atoms with Crippen molar-refractivity contribution in [1.82, 2.24) is 24.8 Å². The normalized spacial score (nSPS) is 22.4. The number of amides is 1. The van der Waals surface area contributed by atoms with E-state index in [4.69, 9.17) is 21.3 Å². The molecule has 7 rings (SSSR count). The molecule has 0 radical (unpaired) electrons. The zero-order valence-corrected chi connectivity index (χ0v) is 27.3. The van der Waals surface area contributed by atoms with Gasteiger partial charge in [0.15, 0.2) is 11.6 Å². The number of carbonyl (C=O) groups is 1. The molecule has 0 saturated carbocycles. The van der Waals surface area contributed by atoms with Gasteiger partial charge in [-0.1, -0.05) is 42.4 Å². The first-order valence-corrected chi connectivity index (χ1v) is 16.5. The Labute approximate surface area is 285 Å². The van der Waals surface area contributed by atoms with Crippen LogP contribution in [-0.2, 0) is 4.79 Å². The predicted octanol–water partition coefficient (Wildman–Crippen LogP) is 5.56. The highest BCUT2D eigenvalue weighted by Crippen LogP contribution is 2.43. The molecule has 4 aromatic rings. The highest BCUT2D eigenvalue weighted by atomic mass is 35.5. The number of aliphatic hydroxyl groups is 1. The van der Waals surface area contributed by atoms with E-state index in [9.17, 15) is 23.9 Å². The lowest BCUT2D eigenvalue weighted by atomic mass is 9.95. The van der Waals surface area contributed by atoms with Crippen molar-refractivity contribution < 1.29 is 27.8 Å². The summed E-state index contributed by atoms with van der Waals surface area (Å²) in [5.74, 6) is -3.19. The minimum Gasteiger partial charge on any atom is -0.461 e. The van der Waals surface area contributed by atoms with E-state index in [1.807, 2.05) is 0 Å². The molecule has 2 unspecified atom stereocenters. The molecule has 3 atom stereocenters. The number of carbonyl (C=O) groups excluding carboxylic acids is 1. The SMILES string of the molecule is C=C(F)C(=O)N1CCN(c2nc(OCC34CCCN3C(CO)CC4)nc3c(F)c(-c4cccc5ccc(F)c(Cl)c45)ncc23)C[C@@H]1CC#N. The van der Waals surface area contributed by atoms with Crippen molar-refractivity contribution in [3.05, 3.63) is 65.6 Å². The summed E-state index contributed by atoms with van der Waals surface area (Å²) in [6.45, 7) is 4.58. The zero-order chi connectivity index (χ0) is 34.4. The predicted molar refractivity (Wildman–Crippen MR) is 178 cm³/mol. The van der Waals surface area contributed by atoms with Gasteiger partial charge in [0, 0.05) is 42.8 Å². The summed E-state index contributed by atoms with van der Waals surface area (Å²) in [5.41, 5.74) is -0.223. The molecule has 254 valence electrons. The van der Waals surface area contributed by atoms with Gasteiger partial charge in [-0.15, -0.1) is 0 Å². The topological polar surface area (TPSA) is 119 Å². The Morgan fingerprint density at radius 2 is 2.00 bits per heavy atom. The van der Waals surface area contributed by atoms with E-state index in [-0.39, 0.29) is 89.9 Å². The molecule has 2 aromatic carbocycles.